The van der Waals surface area contributed by atoms with Crippen molar-refractivity contribution in [2.75, 3.05) is 18.6 Å². The van der Waals surface area contributed by atoms with Gasteiger partial charge in [-0.15, -0.1) is 0 Å². The molecule has 0 radical (unpaired) electrons. The molecule has 1 aliphatic rings. The number of alkyl carbamates (subject to hydrolysis) is 1. The quantitative estimate of drug-likeness (QED) is 0.592. The van der Waals surface area contributed by atoms with Crippen LogP contribution < -0.4 is 10.2 Å². The van der Waals surface area contributed by atoms with Gasteiger partial charge in [-0.05, 0) is 41.3 Å². The lowest BCUT2D eigenvalue weighted by atomic mass is 9.98. The Balaban J connectivity index is 1.41. The number of carbonyl (C=O) groups excluding carboxylic acids is 2. The molecule has 0 spiro atoms. The number of amides is 2. The van der Waals surface area contributed by atoms with Crippen LogP contribution >= 0.6 is 0 Å². The fraction of sp³-hybridized carbons (Fsp3) is 0.192. The molecule has 0 aliphatic heterocycles. The van der Waals surface area contributed by atoms with E-state index in [1.165, 1.54) is 24.9 Å². The summed E-state index contributed by atoms with van der Waals surface area (Å²) in [5, 5.41) is 11.9. The van der Waals surface area contributed by atoms with E-state index >= 15 is 0 Å². The molecule has 0 saturated heterocycles. The first kappa shape index (κ1) is 22.1. The first-order valence-electron chi connectivity index (χ1n) is 10.6. The largest absolute Gasteiger partial charge is 0.478 e. The molecule has 4 rings (SSSR count). The second-order valence-corrected chi connectivity index (χ2v) is 7.91. The monoisotopic (exact) mass is 444 g/mol. The van der Waals surface area contributed by atoms with Gasteiger partial charge in [0.25, 0.3) is 0 Å². The third-order valence-electron chi connectivity index (χ3n) is 5.87. The summed E-state index contributed by atoms with van der Waals surface area (Å²) in [4.78, 5) is 38.0. The lowest BCUT2D eigenvalue weighted by Gasteiger charge is -2.23. The van der Waals surface area contributed by atoms with Gasteiger partial charge >= 0.3 is 12.1 Å². The molecule has 0 fully saturated rings. The van der Waals surface area contributed by atoms with Gasteiger partial charge in [-0.1, -0.05) is 60.7 Å². The number of fused-ring (bicyclic) bond motifs is 3. The second kappa shape index (κ2) is 9.16. The van der Waals surface area contributed by atoms with Crippen LogP contribution in [-0.4, -0.2) is 42.8 Å². The summed E-state index contributed by atoms with van der Waals surface area (Å²) in [6.07, 6.45) is -0.711. The highest BCUT2D eigenvalue weighted by atomic mass is 16.5. The summed E-state index contributed by atoms with van der Waals surface area (Å²) in [5.41, 5.74) is 4.70. The highest BCUT2D eigenvalue weighted by Crippen LogP contribution is 2.44. The van der Waals surface area contributed by atoms with Crippen molar-refractivity contribution in [3.63, 3.8) is 0 Å². The standard InChI is InChI=1S/C26H24N2O5/c1-16(24(29)28(2)23-14-8-7-13-21(23)25(30)31)27-26(32)33-15-22-19-11-5-3-9-17(19)18-10-4-6-12-20(18)22/h3-14,16,22H,15H2,1-2H3,(H,27,32)(H,30,31)/t16-/m1/s1. The number of carbonyl (C=O) groups is 3. The third kappa shape index (κ3) is 4.30. The maximum atomic E-state index is 12.8. The molecular formula is C26H24N2O5. The van der Waals surface area contributed by atoms with Gasteiger partial charge in [0, 0.05) is 13.0 Å². The fourth-order valence-corrected chi connectivity index (χ4v) is 4.23. The van der Waals surface area contributed by atoms with Gasteiger partial charge in [-0.25, -0.2) is 9.59 Å². The smallest absolute Gasteiger partial charge is 0.407 e. The van der Waals surface area contributed by atoms with Crippen molar-refractivity contribution >= 4 is 23.7 Å². The summed E-state index contributed by atoms with van der Waals surface area (Å²) < 4.78 is 5.49. The number of carboxylic acids is 1. The van der Waals surface area contributed by atoms with Gasteiger partial charge in [0.2, 0.25) is 5.91 Å². The Bertz CT molecular complexity index is 1180. The van der Waals surface area contributed by atoms with E-state index in [0.29, 0.717) is 0 Å². The highest BCUT2D eigenvalue weighted by Gasteiger charge is 2.30. The molecule has 0 saturated carbocycles. The zero-order valence-electron chi connectivity index (χ0n) is 18.3. The van der Waals surface area contributed by atoms with E-state index in [-0.39, 0.29) is 23.8 Å². The van der Waals surface area contributed by atoms with E-state index in [0.717, 1.165) is 22.3 Å². The molecule has 3 aromatic rings. The maximum Gasteiger partial charge on any atom is 0.407 e. The molecule has 2 N–H and O–H groups in total. The molecule has 0 bridgehead atoms. The van der Waals surface area contributed by atoms with E-state index in [9.17, 15) is 19.5 Å². The van der Waals surface area contributed by atoms with Crippen LogP contribution in [0.25, 0.3) is 11.1 Å². The minimum Gasteiger partial charge on any atom is -0.478 e. The van der Waals surface area contributed by atoms with Crippen molar-refractivity contribution in [2.24, 2.45) is 0 Å². The van der Waals surface area contributed by atoms with Crippen molar-refractivity contribution in [1.29, 1.82) is 0 Å². The molecule has 168 valence electrons. The fourth-order valence-electron chi connectivity index (χ4n) is 4.23. The van der Waals surface area contributed by atoms with Crippen LogP contribution in [0.1, 0.15) is 34.3 Å². The number of likely N-dealkylation sites (N-methyl/N-ethyl adjacent to an activating group) is 1. The molecule has 0 heterocycles. The van der Waals surface area contributed by atoms with Gasteiger partial charge in [0.05, 0.1) is 11.3 Å². The first-order valence-corrected chi connectivity index (χ1v) is 10.6. The summed E-state index contributed by atoms with van der Waals surface area (Å²) in [5.74, 6) is -1.68. The van der Waals surface area contributed by atoms with Crippen molar-refractivity contribution in [3.8, 4) is 11.1 Å². The van der Waals surface area contributed by atoms with Crippen LogP contribution in [-0.2, 0) is 9.53 Å². The Morgan fingerprint density at radius 2 is 1.48 bits per heavy atom. The van der Waals surface area contributed by atoms with Crippen molar-refractivity contribution in [2.45, 2.75) is 18.9 Å². The average molecular weight is 444 g/mol. The molecule has 33 heavy (non-hydrogen) atoms. The lowest BCUT2D eigenvalue weighted by Crippen LogP contribution is -2.46. The van der Waals surface area contributed by atoms with E-state index in [1.54, 1.807) is 18.2 Å². The molecule has 0 unspecified atom stereocenters. The molecule has 7 nitrogen and oxygen atoms in total. The van der Waals surface area contributed by atoms with Crippen molar-refractivity contribution < 1.29 is 24.2 Å². The summed E-state index contributed by atoms with van der Waals surface area (Å²) in [6.45, 7) is 1.67. The maximum absolute atomic E-state index is 12.8. The molecular weight excluding hydrogens is 420 g/mol. The van der Waals surface area contributed by atoms with Crippen molar-refractivity contribution in [1.82, 2.24) is 5.32 Å². The molecule has 7 heteroatoms. The van der Waals surface area contributed by atoms with Crippen LogP contribution in [0, 0.1) is 0 Å². The zero-order chi connectivity index (χ0) is 23.5. The van der Waals surface area contributed by atoms with E-state index in [1.807, 2.05) is 36.4 Å². The Labute approximate surface area is 191 Å². The number of nitrogens with zero attached hydrogens (tertiary/aromatic N) is 1. The molecule has 1 aliphatic carbocycles. The Morgan fingerprint density at radius 3 is 2.09 bits per heavy atom. The molecule has 2 amide bonds. The number of hydrogen-bond acceptors (Lipinski definition) is 4. The van der Waals surface area contributed by atoms with Gasteiger partial charge in [0.15, 0.2) is 0 Å². The number of hydrogen-bond donors (Lipinski definition) is 2. The van der Waals surface area contributed by atoms with Gasteiger partial charge in [0.1, 0.15) is 12.6 Å². The first-order chi connectivity index (χ1) is 15.9. The van der Waals surface area contributed by atoms with Crippen LogP contribution in [0.5, 0.6) is 0 Å². The molecule has 3 aromatic carbocycles. The number of aromatic carboxylic acids is 1. The van der Waals surface area contributed by atoms with Crippen molar-refractivity contribution in [3.05, 3.63) is 89.5 Å². The van der Waals surface area contributed by atoms with Gasteiger partial charge in [-0.3, -0.25) is 4.79 Å². The number of carboxylic acid groups (broad SMARTS) is 1. The average Bonchev–Trinajstić information content (AvgIpc) is 3.15. The van der Waals surface area contributed by atoms with Gasteiger partial charge in [-0.2, -0.15) is 0 Å². The Morgan fingerprint density at radius 1 is 0.939 bits per heavy atom. The number of anilines is 1. The van der Waals surface area contributed by atoms with E-state index in [4.69, 9.17) is 4.74 Å². The Hall–Kier alpha value is -4.13. The topological polar surface area (TPSA) is 95.9 Å². The minimum absolute atomic E-state index is 0.00157. The molecule has 1 atom stereocenters. The second-order valence-electron chi connectivity index (χ2n) is 7.91. The highest BCUT2D eigenvalue weighted by molar-refractivity contribution is 6.03. The van der Waals surface area contributed by atoms with Crippen LogP contribution in [0.2, 0.25) is 0 Å². The molecule has 0 aromatic heterocycles. The van der Waals surface area contributed by atoms with Crippen LogP contribution in [0.4, 0.5) is 10.5 Å². The summed E-state index contributed by atoms with van der Waals surface area (Å²) >= 11 is 0. The van der Waals surface area contributed by atoms with Gasteiger partial charge < -0.3 is 20.1 Å². The van der Waals surface area contributed by atoms with Crippen LogP contribution in [0.3, 0.4) is 0 Å². The number of nitrogens with one attached hydrogen (secondary N) is 1. The normalized spacial score (nSPS) is 12.9. The van der Waals surface area contributed by atoms with E-state index in [2.05, 4.69) is 17.4 Å². The third-order valence-corrected chi connectivity index (χ3v) is 5.87. The number of para-hydroxylation sites is 1. The number of ether oxygens (including phenoxy) is 1. The zero-order valence-corrected chi connectivity index (χ0v) is 18.3. The minimum atomic E-state index is -1.14. The number of benzene rings is 3. The SMILES string of the molecule is C[C@@H](NC(=O)OCC1c2ccccc2-c2ccccc21)C(=O)N(C)c1ccccc1C(=O)O. The van der Waals surface area contributed by atoms with Crippen LogP contribution in [0.15, 0.2) is 72.8 Å². The predicted octanol–water partition coefficient (Wildman–Crippen LogP) is 4.27. The Kier molecular flexibility index (Phi) is 6.13. The summed E-state index contributed by atoms with van der Waals surface area (Å²) in [7, 11) is 1.47. The van der Waals surface area contributed by atoms with E-state index < -0.39 is 24.0 Å². The lowest BCUT2D eigenvalue weighted by molar-refractivity contribution is -0.119. The summed E-state index contributed by atoms with van der Waals surface area (Å²) in [6, 6.07) is 21.4. The predicted molar refractivity (Wildman–Crippen MR) is 124 cm³/mol. The number of rotatable bonds is 6.